The lowest BCUT2D eigenvalue weighted by Crippen LogP contribution is -2.04. The van der Waals surface area contributed by atoms with E-state index in [4.69, 9.17) is 0 Å². The summed E-state index contributed by atoms with van der Waals surface area (Å²) in [7, 11) is 0. The van der Waals surface area contributed by atoms with E-state index >= 15 is 0 Å². The Morgan fingerprint density at radius 3 is 2.48 bits per heavy atom. The van der Waals surface area contributed by atoms with Crippen LogP contribution >= 0.6 is 0 Å². The van der Waals surface area contributed by atoms with Crippen LogP contribution in [-0.4, -0.2) is 15.3 Å². The zero-order valence-electron chi connectivity index (χ0n) is 10.9. The molecule has 0 bridgehead atoms. The number of H-pyrrole nitrogens is 1. The number of rotatable bonds is 3. The zero-order valence-corrected chi connectivity index (χ0v) is 10.9. The molecule has 0 radical (unpaired) electrons. The molecule has 106 valence electrons. The second-order valence-electron chi connectivity index (χ2n) is 4.61. The molecule has 0 aliphatic heterocycles. The molecule has 21 heavy (non-hydrogen) atoms. The first-order valence-electron chi connectivity index (χ1n) is 6.39. The van der Waals surface area contributed by atoms with E-state index in [-0.39, 0.29) is 5.56 Å². The summed E-state index contributed by atoms with van der Waals surface area (Å²) in [6.07, 6.45) is 0.117. The summed E-state index contributed by atoms with van der Waals surface area (Å²) < 4.78 is 27.1. The second kappa shape index (κ2) is 5.46. The summed E-state index contributed by atoms with van der Waals surface area (Å²) >= 11 is 0. The van der Waals surface area contributed by atoms with Crippen molar-refractivity contribution in [1.82, 2.24) is 10.2 Å². The standard InChI is InChI=1S/C16H12F2N2O/c17-13-8-4-7-11(14(13)18)16(21)12-9-19-20-15(12)10-5-2-1-3-6-10/h1-9,16,21H,(H,19,20). The third-order valence-electron chi connectivity index (χ3n) is 3.30. The van der Waals surface area contributed by atoms with Gasteiger partial charge >= 0.3 is 0 Å². The minimum Gasteiger partial charge on any atom is -0.383 e. The van der Waals surface area contributed by atoms with Crippen molar-refractivity contribution in [3.8, 4) is 11.3 Å². The molecule has 2 aromatic carbocycles. The third-order valence-corrected chi connectivity index (χ3v) is 3.30. The minimum atomic E-state index is -1.30. The maximum atomic E-state index is 13.8. The number of nitrogens with zero attached hydrogens (tertiary/aromatic N) is 1. The summed E-state index contributed by atoms with van der Waals surface area (Å²) in [4.78, 5) is 0. The van der Waals surface area contributed by atoms with Crippen LogP contribution in [0.5, 0.6) is 0 Å². The molecule has 0 spiro atoms. The van der Waals surface area contributed by atoms with Gasteiger partial charge in [-0.25, -0.2) is 8.78 Å². The Labute approximate surface area is 119 Å². The molecule has 2 N–H and O–H groups in total. The predicted octanol–water partition coefficient (Wildman–Crippen LogP) is 3.44. The van der Waals surface area contributed by atoms with Crippen molar-refractivity contribution in [2.75, 3.05) is 0 Å². The highest BCUT2D eigenvalue weighted by molar-refractivity contribution is 5.63. The normalized spacial score (nSPS) is 12.3. The molecule has 0 aliphatic rings. The molecular weight excluding hydrogens is 274 g/mol. The van der Waals surface area contributed by atoms with Crippen molar-refractivity contribution in [1.29, 1.82) is 0 Å². The van der Waals surface area contributed by atoms with Crippen LogP contribution < -0.4 is 0 Å². The van der Waals surface area contributed by atoms with Crippen LogP contribution in [0.25, 0.3) is 11.3 Å². The van der Waals surface area contributed by atoms with Gasteiger partial charge in [0.2, 0.25) is 0 Å². The first kappa shape index (κ1) is 13.5. The molecule has 1 aromatic heterocycles. The molecule has 0 aliphatic carbocycles. The molecule has 1 heterocycles. The Kier molecular flexibility index (Phi) is 3.50. The van der Waals surface area contributed by atoms with E-state index in [9.17, 15) is 13.9 Å². The lowest BCUT2D eigenvalue weighted by Gasteiger charge is -2.13. The Morgan fingerprint density at radius 1 is 0.952 bits per heavy atom. The largest absolute Gasteiger partial charge is 0.383 e. The smallest absolute Gasteiger partial charge is 0.164 e. The predicted molar refractivity (Wildman–Crippen MR) is 74.4 cm³/mol. The second-order valence-corrected chi connectivity index (χ2v) is 4.61. The van der Waals surface area contributed by atoms with E-state index in [1.165, 1.54) is 18.3 Å². The molecule has 0 saturated carbocycles. The lowest BCUT2D eigenvalue weighted by atomic mass is 9.98. The Morgan fingerprint density at radius 2 is 1.71 bits per heavy atom. The van der Waals surface area contributed by atoms with E-state index in [1.54, 1.807) is 0 Å². The number of benzene rings is 2. The molecule has 3 nitrogen and oxygen atoms in total. The Bertz CT molecular complexity index is 756. The first-order valence-corrected chi connectivity index (χ1v) is 6.39. The number of aromatic nitrogens is 2. The van der Waals surface area contributed by atoms with Crippen LogP contribution in [-0.2, 0) is 0 Å². The van der Waals surface area contributed by atoms with E-state index in [0.29, 0.717) is 11.3 Å². The van der Waals surface area contributed by atoms with Gasteiger partial charge < -0.3 is 5.11 Å². The summed E-state index contributed by atoms with van der Waals surface area (Å²) in [5, 5.41) is 17.0. The number of aromatic amines is 1. The topological polar surface area (TPSA) is 48.9 Å². The van der Waals surface area contributed by atoms with E-state index in [0.717, 1.165) is 11.6 Å². The first-order chi connectivity index (χ1) is 10.2. The van der Waals surface area contributed by atoms with Crippen molar-refractivity contribution in [2.45, 2.75) is 6.10 Å². The average Bonchev–Trinajstić information content (AvgIpc) is 3.00. The molecular formula is C16H12F2N2O. The number of nitrogens with one attached hydrogen (secondary N) is 1. The fourth-order valence-electron chi connectivity index (χ4n) is 2.24. The number of aliphatic hydroxyl groups is 1. The molecule has 3 aromatic rings. The van der Waals surface area contributed by atoms with Crippen molar-refractivity contribution >= 4 is 0 Å². The molecule has 0 fully saturated rings. The summed E-state index contributed by atoms with van der Waals surface area (Å²) in [5.41, 5.74) is 1.66. The lowest BCUT2D eigenvalue weighted by molar-refractivity contribution is 0.214. The van der Waals surface area contributed by atoms with Crippen molar-refractivity contribution in [3.05, 3.63) is 77.5 Å². The van der Waals surface area contributed by atoms with Gasteiger partial charge in [-0.3, -0.25) is 5.10 Å². The summed E-state index contributed by atoms with van der Waals surface area (Å²) in [6, 6.07) is 13.0. The third kappa shape index (κ3) is 2.43. The summed E-state index contributed by atoms with van der Waals surface area (Å²) in [5.74, 6) is -2.04. The van der Waals surface area contributed by atoms with Crippen molar-refractivity contribution in [2.24, 2.45) is 0 Å². The molecule has 0 saturated heterocycles. The fraction of sp³-hybridized carbons (Fsp3) is 0.0625. The van der Waals surface area contributed by atoms with Crippen LogP contribution in [0.1, 0.15) is 17.2 Å². The van der Waals surface area contributed by atoms with Gasteiger partial charge in [-0.1, -0.05) is 42.5 Å². The zero-order chi connectivity index (χ0) is 14.8. The number of hydrogen-bond donors (Lipinski definition) is 2. The molecule has 5 heteroatoms. The fourth-order valence-corrected chi connectivity index (χ4v) is 2.24. The van der Waals surface area contributed by atoms with E-state index < -0.39 is 17.7 Å². The number of hydrogen-bond acceptors (Lipinski definition) is 2. The maximum absolute atomic E-state index is 13.8. The highest BCUT2D eigenvalue weighted by Crippen LogP contribution is 2.31. The van der Waals surface area contributed by atoms with Gasteiger partial charge in [-0.15, -0.1) is 0 Å². The molecule has 3 rings (SSSR count). The highest BCUT2D eigenvalue weighted by atomic mass is 19.2. The highest BCUT2D eigenvalue weighted by Gasteiger charge is 2.22. The summed E-state index contributed by atoms with van der Waals surface area (Å²) in [6.45, 7) is 0. The quantitative estimate of drug-likeness (QED) is 0.775. The Hall–Kier alpha value is -2.53. The average molecular weight is 286 g/mol. The molecule has 1 atom stereocenters. The van der Waals surface area contributed by atoms with Crippen LogP contribution in [0.3, 0.4) is 0 Å². The van der Waals surface area contributed by atoms with E-state index in [2.05, 4.69) is 10.2 Å². The van der Waals surface area contributed by atoms with E-state index in [1.807, 2.05) is 30.3 Å². The van der Waals surface area contributed by atoms with Crippen molar-refractivity contribution in [3.63, 3.8) is 0 Å². The van der Waals surface area contributed by atoms with Gasteiger partial charge in [-0.05, 0) is 11.6 Å². The monoisotopic (exact) mass is 286 g/mol. The minimum absolute atomic E-state index is 0.117. The van der Waals surface area contributed by atoms with Gasteiger partial charge in [0.15, 0.2) is 11.6 Å². The number of aliphatic hydroxyl groups excluding tert-OH is 1. The van der Waals surface area contributed by atoms with Gasteiger partial charge in [0.25, 0.3) is 0 Å². The molecule has 1 unspecified atom stereocenters. The van der Waals surface area contributed by atoms with Crippen LogP contribution in [0.4, 0.5) is 8.78 Å². The van der Waals surface area contributed by atoms with Crippen LogP contribution in [0.2, 0.25) is 0 Å². The van der Waals surface area contributed by atoms with Gasteiger partial charge in [0, 0.05) is 11.1 Å². The van der Waals surface area contributed by atoms with Crippen LogP contribution in [0, 0.1) is 11.6 Å². The van der Waals surface area contributed by atoms with Gasteiger partial charge in [0.1, 0.15) is 6.10 Å². The number of halogens is 2. The molecule has 0 amide bonds. The van der Waals surface area contributed by atoms with Crippen LogP contribution in [0.15, 0.2) is 54.7 Å². The van der Waals surface area contributed by atoms with Gasteiger partial charge in [0.05, 0.1) is 11.9 Å². The van der Waals surface area contributed by atoms with Gasteiger partial charge in [-0.2, -0.15) is 5.10 Å². The SMILES string of the molecule is OC(c1cn[nH]c1-c1ccccc1)c1cccc(F)c1F. The maximum Gasteiger partial charge on any atom is 0.164 e. The Balaban J connectivity index is 2.06. The van der Waals surface area contributed by atoms with Crippen molar-refractivity contribution < 1.29 is 13.9 Å².